The second-order valence-electron chi connectivity index (χ2n) is 8.48. The summed E-state index contributed by atoms with van der Waals surface area (Å²) in [5.41, 5.74) is 9.48. The molecule has 29 heavy (non-hydrogen) atoms. The van der Waals surface area contributed by atoms with Gasteiger partial charge in [0.1, 0.15) is 0 Å². The van der Waals surface area contributed by atoms with E-state index >= 15 is 0 Å². The molecule has 0 aliphatic heterocycles. The lowest BCUT2D eigenvalue weighted by atomic mass is 10.0. The van der Waals surface area contributed by atoms with Gasteiger partial charge in [-0.3, -0.25) is 9.48 Å². The van der Waals surface area contributed by atoms with Crippen molar-refractivity contribution in [2.75, 3.05) is 5.32 Å². The molecular formula is C25H29N3O. The van der Waals surface area contributed by atoms with E-state index in [0.717, 1.165) is 30.8 Å². The SMILES string of the molecule is Cc1nn(CC(C)C)c(C)c1CCC(=O)Nc1ccc2c(c1)-c1ccccc1C2. The van der Waals surface area contributed by atoms with Gasteiger partial charge in [-0.05, 0) is 72.6 Å². The maximum Gasteiger partial charge on any atom is 0.224 e. The molecule has 1 N–H and O–H groups in total. The van der Waals surface area contributed by atoms with Gasteiger partial charge >= 0.3 is 0 Å². The van der Waals surface area contributed by atoms with Crippen LogP contribution < -0.4 is 5.32 Å². The molecule has 150 valence electrons. The van der Waals surface area contributed by atoms with Crippen LogP contribution in [0.25, 0.3) is 11.1 Å². The van der Waals surface area contributed by atoms with Crippen LogP contribution in [0.15, 0.2) is 42.5 Å². The van der Waals surface area contributed by atoms with E-state index in [1.165, 1.54) is 33.5 Å². The van der Waals surface area contributed by atoms with Gasteiger partial charge in [-0.2, -0.15) is 5.10 Å². The lowest BCUT2D eigenvalue weighted by molar-refractivity contribution is -0.116. The number of nitrogens with zero attached hydrogens (tertiary/aromatic N) is 2. The van der Waals surface area contributed by atoms with E-state index in [4.69, 9.17) is 0 Å². The predicted octanol–water partition coefficient (Wildman–Crippen LogP) is 5.30. The molecule has 0 spiro atoms. The van der Waals surface area contributed by atoms with Crippen molar-refractivity contribution in [3.63, 3.8) is 0 Å². The maximum atomic E-state index is 12.6. The summed E-state index contributed by atoms with van der Waals surface area (Å²) >= 11 is 0. The largest absolute Gasteiger partial charge is 0.326 e. The highest BCUT2D eigenvalue weighted by molar-refractivity contribution is 5.92. The zero-order valence-corrected chi connectivity index (χ0v) is 17.7. The van der Waals surface area contributed by atoms with Gasteiger partial charge in [-0.15, -0.1) is 0 Å². The Balaban J connectivity index is 1.43. The number of fused-ring (bicyclic) bond motifs is 3. The van der Waals surface area contributed by atoms with E-state index in [2.05, 4.69) is 72.3 Å². The fourth-order valence-electron chi connectivity index (χ4n) is 4.28. The normalized spacial score (nSPS) is 12.2. The van der Waals surface area contributed by atoms with Crippen LogP contribution in [0.3, 0.4) is 0 Å². The van der Waals surface area contributed by atoms with Gasteiger partial charge in [0, 0.05) is 24.3 Å². The number of aryl methyl sites for hydroxylation is 1. The van der Waals surface area contributed by atoms with E-state index in [1.807, 2.05) is 13.0 Å². The molecule has 1 aliphatic rings. The number of benzene rings is 2. The van der Waals surface area contributed by atoms with Gasteiger partial charge in [-0.25, -0.2) is 0 Å². The van der Waals surface area contributed by atoms with Gasteiger partial charge in [0.15, 0.2) is 0 Å². The van der Waals surface area contributed by atoms with Crippen LogP contribution in [0, 0.1) is 19.8 Å². The van der Waals surface area contributed by atoms with Crippen LogP contribution in [0.2, 0.25) is 0 Å². The van der Waals surface area contributed by atoms with Crippen molar-refractivity contribution in [2.45, 2.75) is 53.5 Å². The molecule has 3 aromatic rings. The molecule has 1 amide bonds. The van der Waals surface area contributed by atoms with Gasteiger partial charge in [-0.1, -0.05) is 44.2 Å². The lowest BCUT2D eigenvalue weighted by Gasteiger charge is -2.09. The topological polar surface area (TPSA) is 46.9 Å². The molecule has 0 radical (unpaired) electrons. The van der Waals surface area contributed by atoms with Crippen molar-refractivity contribution in [2.24, 2.45) is 5.92 Å². The molecule has 0 saturated heterocycles. The Kier molecular flexibility index (Phi) is 5.27. The number of carbonyl (C=O) groups is 1. The number of aromatic nitrogens is 2. The van der Waals surface area contributed by atoms with Crippen LogP contribution in [-0.4, -0.2) is 15.7 Å². The van der Waals surface area contributed by atoms with Crippen molar-refractivity contribution in [3.8, 4) is 11.1 Å². The Morgan fingerprint density at radius 1 is 1.10 bits per heavy atom. The number of nitrogens with one attached hydrogen (secondary N) is 1. The number of hydrogen-bond donors (Lipinski definition) is 1. The summed E-state index contributed by atoms with van der Waals surface area (Å²) in [7, 11) is 0. The van der Waals surface area contributed by atoms with E-state index in [9.17, 15) is 4.79 Å². The summed E-state index contributed by atoms with van der Waals surface area (Å²) in [4.78, 5) is 12.6. The average Bonchev–Trinajstić information content (AvgIpc) is 3.17. The smallest absolute Gasteiger partial charge is 0.224 e. The number of hydrogen-bond acceptors (Lipinski definition) is 2. The van der Waals surface area contributed by atoms with E-state index in [0.29, 0.717) is 12.3 Å². The summed E-state index contributed by atoms with van der Waals surface area (Å²) < 4.78 is 2.07. The van der Waals surface area contributed by atoms with Crippen LogP contribution in [0.4, 0.5) is 5.69 Å². The quantitative estimate of drug-likeness (QED) is 0.488. The third-order valence-electron chi connectivity index (χ3n) is 5.75. The molecule has 1 heterocycles. The molecule has 2 aromatic carbocycles. The van der Waals surface area contributed by atoms with E-state index in [-0.39, 0.29) is 5.91 Å². The highest BCUT2D eigenvalue weighted by atomic mass is 16.1. The molecule has 0 unspecified atom stereocenters. The summed E-state index contributed by atoms with van der Waals surface area (Å²) in [5, 5.41) is 7.74. The Hall–Kier alpha value is -2.88. The predicted molar refractivity (Wildman–Crippen MR) is 118 cm³/mol. The Morgan fingerprint density at radius 2 is 1.86 bits per heavy atom. The molecule has 4 rings (SSSR count). The summed E-state index contributed by atoms with van der Waals surface area (Å²) in [5.74, 6) is 0.598. The Bertz CT molecular complexity index is 1060. The minimum absolute atomic E-state index is 0.0478. The minimum Gasteiger partial charge on any atom is -0.326 e. The molecule has 0 atom stereocenters. The summed E-state index contributed by atoms with van der Waals surface area (Å²) in [6, 6.07) is 14.8. The van der Waals surface area contributed by atoms with Crippen LogP contribution in [-0.2, 0) is 24.2 Å². The maximum absolute atomic E-state index is 12.6. The molecule has 4 nitrogen and oxygen atoms in total. The third-order valence-corrected chi connectivity index (χ3v) is 5.75. The fourth-order valence-corrected chi connectivity index (χ4v) is 4.28. The molecule has 1 aliphatic carbocycles. The van der Waals surface area contributed by atoms with Gasteiger partial charge in [0.05, 0.1) is 5.69 Å². The highest BCUT2D eigenvalue weighted by Gasteiger charge is 2.19. The minimum atomic E-state index is 0.0478. The van der Waals surface area contributed by atoms with E-state index < -0.39 is 0 Å². The Labute approximate surface area is 173 Å². The molecule has 0 bridgehead atoms. The molecule has 1 aromatic heterocycles. The van der Waals surface area contributed by atoms with Gasteiger partial charge in [0.2, 0.25) is 5.91 Å². The summed E-state index contributed by atoms with van der Waals surface area (Å²) in [6.07, 6.45) is 2.15. The first-order valence-electron chi connectivity index (χ1n) is 10.5. The van der Waals surface area contributed by atoms with Gasteiger partial charge in [0.25, 0.3) is 0 Å². The number of rotatable bonds is 6. The van der Waals surface area contributed by atoms with E-state index in [1.54, 1.807) is 0 Å². The fraction of sp³-hybridized carbons (Fsp3) is 0.360. The highest BCUT2D eigenvalue weighted by Crippen LogP contribution is 2.37. The van der Waals surface area contributed by atoms with Crippen LogP contribution in [0.1, 0.15) is 48.3 Å². The van der Waals surface area contributed by atoms with Crippen molar-refractivity contribution < 1.29 is 4.79 Å². The zero-order valence-electron chi connectivity index (χ0n) is 17.7. The Morgan fingerprint density at radius 3 is 2.66 bits per heavy atom. The number of amides is 1. The first-order chi connectivity index (χ1) is 13.9. The number of carbonyl (C=O) groups excluding carboxylic acids is 1. The lowest BCUT2D eigenvalue weighted by Crippen LogP contribution is -2.13. The van der Waals surface area contributed by atoms with Crippen molar-refractivity contribution in [1.29, 1.82) is 0 Å². The zero-order chi connectivity index (χ0) is 20.5. The monoisotopic (exact) mass is 387 g/mol. The molecular weight excluding hydrogens is 358 g/mol. The van der Waals surface area contributed by atoms with Gasteiger partial charge < -0.3 is 5.32 Å². The standard InChI is InChI=1S/C25H29N3O/c1-16(2)15-28-18(4)22(17(3)27-28)11-12-25(29)26-21-10-9-20-13-19-7-5-6-8-23(19)24(20)14-21/h5-10,14,16H,11-13,15H2,1-4H3,(H,26,29). The van der Waals surface area contributed by atoms with Crippen LogP contribution >= 0.6 is 0 Å². The third kappa shape index (κ3) is 3.98. The average molecular weight is 388 g/mol. The molecule has 0 saturated carbocycles. The van der Waals surface area contributed by atoms with Crippen molar-refractivity contribution in [1.82, 2.24) is 9.78 Å². The molecule has 4 heteroatoms. The van der Waals surface area contributed by atoms with Crippen LogP contribution in [0.5, 0.6) is 0 Å². The molecule has 0 fully saturated rings. The van der Waals surface area contributed by atoms with Crippen molar-refractivity contribution in [3.05, 3.63) is 70.5 Å². The first kappa shape index (κ1) is 19.4. The second kappa shape index (κ2) is 7.86. The van der Waals surface area contributed by atoms with Crippen molar-refractivity contribution >= 4 is 11.6 Å². The number of anilines is 1. The first-order valence-corrected chi connectivity index (χ1v) is 10.5. The summed E-state index contributed by atoms with van der Waals surface area (Å²) in [6.45, 7) is 9.44. The second-order valence-corrected chi connectivity index (χ2v) is 8.48.